The fraction of sp³-hybridized carbons (Fsp3) is 0.667. The number of nitrogens with one attached hydrogen (secondary N) is 1. The minimum atomic E-state index is -0.260. The number of nitrogens with zero attached hydrogens (tertiary/aromatic N) is 2. The van der Waals surface area contributed by atoms with Crippen molar-refractivity contribution in [2.45, 2.75) is 39.2 Å². The van der Waals surface area contributed by atoms with E-state index < -0.39 is 0 Å². The molecule has 1 amide bonds. The molecule has 0 spiro atoms. The number of amides is 1. The zero-order chi connectivity index (χ0) is 12.0. The van der Waals surface area contributed by atoms with Gasteiger partial charge in [-0.2, -0.15) is 5.26 Å². The van der Waals surface area contributed by atoms with Crippen molar-refractivity contribution in [2.24, 2.45) is 0 Å². The van der Waals surface area contributed by atoms with E-state index in [9.17, 15) is 4.79 Å². The van der Waals surface area contributed by atoms with E-state index in [0.717, 1.165) is 32.4 Å². The Balaban J connectivity index is 2.59. The van der Waals surface area contributed by atoms with Crippen molar-refractivity contribution in [1.82, 2.24) is 10.2 Å². The second-order valence-corrected chi connectivity index (χ2v) is 4.18. The van der Waals surface area contributed by atoms with Gasteiger partial charge in [-0.1, -0.05) is 6.92 Å². The Labute approximate surface area is 96.9 Å². The number of carbonyl (C=O) groups is 1. The van der Waals surface area contributed by atoms with E-state index >= 15 is 0 Å². The van der Waals surface area contributed by atoms with Crippen molar-refractivity contribution < 1.29 is 4.79 Å². The summed E-state index contributed by atoms with van der Waals surface area (Å²) in [6.45, 7) is 5.83. The normalized spacial score (nSPS) is 18.1. The molecular formula is C12H19N3O. The predicted octanol–water partition coefficient (Wildman–Crippen LogP) is 1.40. The Morgan fingerprint density at radius 1 is 1.56 bits per heavy atom. The topological polar surface area (TPSA) is 56.1 Å². The van der Waals surface area contributed by atoms with Crippen LogP contribution in [0, 0.1) is 11.3 Å². The number of rotatable bonds is 4. The van der Waals surface area contributed by atoms with Gasteiger partial charge in [-0.25, -0.2) is 0 Å². The molecule has 1 saturated heterocycles. The van der Waals surface area contributed by atoms with E-state index in [-0.39, 0.29) is 17.5 Å². The zero-order valence-corrected chi connectivity index (χ0v) is 9.99. The molecule has 1 fully saturated rings. The van der Waals surface area contributed by atoms with Crippen LogP contribution in [0.15, 0.2) is 11.8 Å². The summed E-state index contributed by atoms with van der Waals surface area (Å²) < 4.78 is 0. The lowest BCUT2D eigenvalue weighted by atomic mass is 10.2. The van der Waals surface area contributed by atoms with Crippen LogP contribution in [0.3, 0.4) is 0 Å². The zero-order valence-electron chi connectivity index (χ0n) is 9.99. The molecule has 1 rings (SSSR count). The molecule has 88 valence electrons. The molecule has 1 aliphatic rings. The average Bonchev–Trinajstić information content (AvgIpc) is 2.78. The Morgan fingerprint density at radius 2 is 2.19 bits per heavy atom. The van der Waals surface area contributed by atoms with Gasteiger partial charge in [-0.3, -0.25) is 4.79 Å². The molecule has 1 heterocycles. The van der Waals surface area contributed by atoms with E-state index in [1.54, 1.807) is 6.20 Å². The molecule has 1 atom stereocenters. The number of nitriles is 1. The molecule has 0 saturated carbocycles. The van der Waals surface area contributed by atoms with Gasteiger partial charge in [-0.05, 0) is 26.2 Å². The number of hydrogen-bond donors (Lipinski definition) is 1. The summed E-state index contributed by atoms with van der Waals surface area (Å²) in [6.07, 6.45) is 4.84. The molecular weight excluding hydrogens is 202 g/mol. The van der Waals surface area contributed by atoms with Crippen molar-refractivity contribution in [3.63, 3.8) is 0 Å². The monoisotopic (exact) mass is 221 g/mol. The van der Waals surface area contributed by atoms with E-state index in [1.165, 1.54) is 0 Å². The second-order valence-electron chi connectivity index (χ2n) is 4.18. The summed E-state index contributed by atoms with van der Waals surface area (Å²) in [4.78, 5) is 13.7. The van der Waals surface area contributed by atoms with Crippen molar-refractivity contribution in [2.75, 3.05) is 13.1 Å². The van der Waals surface area contributed by atoms with Crippen LogP contribution >= 0.6 is 0 Å². The maximum absolute atomic E-state index is 11.7. The standard InChI is InChI=1S/C12H19N3O/c1-3-10(2)14-12(16)11(8-13)9-15-6-4-5-7-15/h9-10H,3-7H2,1-2H3,(H,14,16)/b11-9-. The maximum Gasteiger partial charge on any atom is 0.263 e. The quantitative estimate of drug-likeness (QED) is 0.576. The van der Waals surface area contributed by atoms with Crippen LogP contribution in [0.4, 0.5) is 0 Å². The molecule has 0 radical (unpaired) electrons. The van der Waals surface area contributed by atoms with Gasteiger partial charge in [0.05, 0.1) is 0 Å². The van der Waals surface area contributed by atoms with Crippen LogP contribution in [0.5, 0.6) is 0 Å². The van der Waals surface area contributed by atoms with Gasteiger partial charge in [0, 0.05) is 25.3 Å². The molecule has 4 nitrogen and oxygen atoms in total. The molecule has 0 aliphatic carbocycles. The molecule has 16 heavy (non-hydrogen) atoms. The summed E-state index contributed by atoms with van der Waals surface area (Å²) in [7, 11) is 0. The molecule has 1 N–H and O–H groups in total. The predicted molar refractivity (Wildman–Crippen MR) is 62.4 cm³/mol. The number of hydrogen-bond acceptors (Lipinski definition) is 3. The fourth-order valence-electron chi connectivity index (χ4n) is 1.60. The van der Waals surface area contributed by atoms with E-state index in [1.807, 2.05) is 24.8 Å². The smallest absolute Gasteiger partial charge is 0.263 e. The van der Waals surface area contributed by atoms with E-state index in [0.29, 0.717) is 0 Å². The minimum Gasteiger partial charge on any atom is -0.376 e. The van der Waals surface area contributed by atoms with Gasteiger partial charge in [0.15, 0.2) is 0 Å². The van der Waals surface area contributed by atoms with Gasteiger partial charge >= 0.3 is 0 Å². The first-order valence-electron chi connectivity index (χ1n) is 5.84. The number of likely N-dealkylation sites (tertiary alicyclic amines) is 1. The highest BCUT2D eigenvalue weighted by atomic mass is 16.1. The third-order valence-corrected chi connectivity index (χ3v) is 2.81. The lowest BCUT2D eigenvalue weighted by Crippen LogP contribution is -2.33. The summed E-state index contributed by atoms with van der Waals surface area (Å²) in [5.74, 6) is -0.260. The molecule has 0 bridgehead atoms. The van der Waals surface area contributed by atoms with Crippen LogP contribution in [0.2, 0.25) is 0 Å². The summed E-state index contributed by atoms with van der Waals surface area (Å²) in [5.41, 5.74) is 0.210. The van der Waals surface area contributed by atoms with Crippen molar-refractivity contribution in [3.05, 3.63) is 11.8 Å². The molecule has 0 aromatic heterocycles. The first kappa shape index (κ1) is 12.6. The molecule has 1 aliphatic heterocycles. The third-order valence-electron chi connectivity index (χ3n) is 2.81. The van der Waals surface area contributed by atoms with E-state index in [4.69, 9.17) is 5.26 Å². The van der Waals surface area contributed by atoms with Crippen molar-refractivity contribution in [3.8, 4) is 6.07 Å². The Bertz CT molecular complexity index is 311. The highest BCUT2D eigenvalue weighted by Crippen LogP contribution is 2.09. The highest BCUT2D eigenvalue weighted by molar-refractivity contribution is 5.97. The van der Waals surface area contributed by atoms with Crippen LogP contribution in [0.1, 0.15) is 33.1 Å². The molecule has 0 aromatic rings. The van der Waals surface area contributed by atoms with Gasteiger partial charge in [0.2, 0.25) is 0 Å². The van der Waals surface area contributed by atoms with Gasteiger partial charge in [-0.15, -0.1) is 0 Å². The fourth-order valence-corrected chi connectivity index (χ4v) is 1.60. The Morgan fingerprint density at radius 3 is 2.69 bits per heavy atom. The Hall–Kier alpha value is -1.50. The Kier molecular flexibility index (Phi) is 4.84. The third kappa shape index (κ3) is 3.58. The van der Waals surface area contributed by atoms with Gasteiger partial charge in [0.25, 0.3) is 5.91 Å². The lowest BCUT2D eigenvalue weighted by Gasteiger charge is -2.14. The molecule has 4 heteroatoms. The number of carbonyl (C=O) groups excluding carboxylic acids is 1. The van der Waals surface area contributed by atoms with Crippen LogP contribution in [-0.2, 0) is 4.79 Å². The SMILES string of the molecule is CCC(C)NC(=O)/C(C#N)=C\N1CCCC1. The largest absolute Gasteiger partial charge is 0.376 e. The van der Waals surface area contributed by atoms with Crippen LogP contribution < -0.4 is 5.32 Å². The average molecular weight is 221 g/mol. The summed E-state index contributed by atoms with van der Waals surface area (Å²) >= 11 is 0. The van der Waals surface area contributed by atoms with Gasteiger partial charge in [0.1, 0.15) is 11.6 Å². The van der Waals surface area contributed by atoms with Crippen LogP contribution in [0.25, 0.3) is 0 Å². The lowest BCUT2D eigenvalue weighted by molar-refractivity contribution is -0.117. The van der Waals surface area contributed by atoms with E-state index in [2.05, 4.69) is 5.32 Å². The van der Waals surface area contributed by atoms with Crippen molar-refractivity contribution in [1.29, 1.82) is 5.26 Å². The van der Waals surface area contributed by atoms with Gasteiger partial charge < -0.3 is 10.2 Å². The maximum atomic E-state index is 11.7. The van der Waals surface area contributed by atoms with Crippen LogP contribution in [-0.4, -0.2) is 29.9 Å². The molecule has 0 aromatic carbocycles. The first-order chi connectivity index (χ1) is 7.67. The second kappa shape index (κ2) is 6.16. The van der Waals surface area contributed by atoms with Crippen molar-refractivity contribution >= 4 is 5.91 Å². The first-order valence-corrected chi connectivity index (χ1v) is 5.84. The summed E-state index contributed by atoms with van der Waals surface area (Å²) in [6, 6.07) is 2.08. The highest BCUT2D eigenvalue weighted by Gasteiger charge is 2.14. The summed E-state index contributed by atoms with van der Waals surface area (Å²) in [5, 5.41) is 11.7. The minimum absolute atomic E-state index is 0.114. The molecule has 1 unspecified atom stereocenters.